The zero-order valence-corrected chi connectivity index (χ0v) is 13.4. The van der Waals surface area contributed by atoms with E-state index in [1.165, 1.54) is 12.1 Å². The predicted octanol–water partition coefficient (Wildman–Crippen LogP) is 4.12. The highest BCUT2D eigenvalue weighted by Crippen LogP contribution is 2.37. The first-order valence-electron chi connectivity index (χ1n) is 7.49. The first-order valence-corrected chi connectivity index (χ1v) is 7.49. The molecule has 1 aliphatic rings. The maximum atomic E-state index is 11.1. The summed E-state index contributed by atoms with van der Waals surface area (Å²) in [6.07, 6.45) is 3.18. The molecular weight excluding hydrogens is 300 g/mol. The number of nitro benzene ring substituents is 2. The Balaban J connectivity index is 2.34. The molecule has 0 aliphatic heterocycles. The van der Waals surface area contributed by atoms with Crippen molar-refractivity contribution >= 4 is 22.8 Å². The second-order valence-electron chi connectivity index (χ2n) is 6.50. The van der Waals surface area contributed by atoms with Crippen molar-refractivity contribution in [3.63, 3.8) is 0 Å². The van der Waals surface area contributed by atoms with Crippen molar-refractivity contribution in [1.82, 2.24) is 0 Å². The van der Waals surface area contributed by atoms with E-state index in [9.17, 15) is 20.2 Å². The van der Waals surface area contributed by atoms with Gasteiger partial charge in [0, 0.05) is 17.2 Å². The topological polar surface area (TPSA) is 111 Å². The van der Waals surface area contributed by atoms with Gasteiger partial charge in [0.1, 0.15) is 5.69 Å². The Morgan fingerprint density at radius 3 is 2.52 bits per heavy atom. The van der Waals surface area contributed by atoms with Crippen LogP contribution in [0.15, 0.2) is 23.3 Å². The summed E-state index contributed by atoms with van der Waals surface area (Å²) in [7, 11) is 0. The van der Waals surface area contributed by atoms with Crippen LogP contribution in [0.1, 0.15) is 40.0 Å². The molecule has 2 rings (SSSR count). The summed E-state index contributed by atoms with van der Waals surface area (Å²) >= 11 is 0. The molecule has 23 heavy (non-hydrogen) atoms. The molecule has 1 aromatic rings. The van der Waals surface area contributed by atoms with E-state index in [-0.39, 0.29) is 22.5 Å². The molecule has 1 N–H and O–H groups in total. The highest BCUT2D eigenvalue weighted by molar-refractivity contribution is 5.92. The molecule has 1 atom stereocenters. The fraction of sp³-hybridized carbons (Fsp3) is 0.533. The van der Waals surface area contributed by atoms with Crippen LogP contribution in [0, 0.1) is 31.6 Å². The minimum absolute atomic E-state index is 0.0692. The van der Waals surface area contributed by atoms with Gasteiger partial charge in [-0.15, -0.1) is 0 Å². The maximum Gasteiger partial charge on any atom is 0.301 e. The van der Waals surface area contributed by atoms with Crippen molar-refractivity contribution in [2.24, 2.45) is 16.4 Å². The van der Waals surface area contributed by atoms with Crippen molar-refractivity contribution in [2.45, 2.75) is 40.0 Å². The van der Waals surface area contributed by atoms with Gasteiger partial charge in [0.15, 0.2) is 0 Å². The normalized spacial score (nSPS) is 21.9. The minimum Gasteiger partial charge on any atom is -0.272 e. The average molecular weight is 320 g/mol. The van der Waals surface area contributed by atoms with Crippen LogP contribution in [-0.4, -0.2) is 15.6 Å². The molecule has 0 saturated heterocycles. The Labute approximate surface area is 133 Å². The maximum absolute atomic E-state index is 11.1. The Kier molecular flexibility index (Phi) is 4.63. The predicted molar refractivity (Wildman–Crippen MR) is 87.6 cm³/mol. The molecule has 8 nitrogen and oxygen atoms in total. The van der Waals surface area contributed by atoms with E-state index < -0.39 is 9.85 Å². The molecule has 1 saturated carbocycles. The largest absolute Gasteiger partial charge is 0.301 e. The second kappa shape index (κ2) is 6.31. The van der Waals surface area contributed by atoms with Gasteiger partial charge in [-0.3, -0.25) is 25.7 Å². The molecular formula is C15H20N4O4. The van der Waals surface area contributed by atoms with Crippen LogP contribution in [0.4, 0.5) is 17.1 Å². The Morgan fingerprint density at radius 2 is 1.96 bits per heavy atom. The summed E-state index contributed by atoms with van der Waals surface area (Å²) in [5, 5.41) is 26.3. The molecule has 0 heterocycles. The lowest BCUT2D eigenvalue weighted by atomic mass is 9.71. The van der Waals surface area contributed by atoms with E-state index in [2.05, 4.69) is 31.3 Å². The first-order chi connectivity index (χ1) is 10.7. The van der Waals surface area contributed by atoms with E-state index >= 15 is 0 Å². The zero-order chi connectivity index (χ0) is 17.2. The Morgan fingerprint density at radius 1 is 1.26 bits per heavy atom. The second-order valence-corrected chi connectivity index (χ2v) is 6.50. The van der Waals surface area contributed by atoms with Crippen molar-refractivity contribution in [2.75, 3.05) is 5.43 Å². The first kappa shape index (κ1) is 16.9. The quantitative estimate of drug-likeness (QED) is 0.662. The van der Waals surface area contributed by atoms with Crippen molar-refractivity contribution < 1.29 is 9.85 Å². The van der Waals surface area contributed by atoms with Gasteiger partial charge in [0.25, 0.3) is 5.69 Å². The number of rotatable bonds is 4. The van der Waals surface area contributed by atoms with E-state index in [0.717, 1.165) is 31.0 Å². The fourth-order valence-corrected chi connectivity index (χ4v) is 3.04. The lowest BCUT2D eigenvalue weighted by molar-refractivity contribution is -0.393. The lowest BCUT2D eigenvalue weighted by Gasteiger charge is -2.35. The van der Waals surface area contributed by atoms with Crippen LogP contribution < -0.4 is 5.43 Å². The third kappa shape index (κ3) is 3.64. The smallest absolute Gasteiger partial charge is 0.272 e. The zero-order valence-electron chi connectivity index (χ0n) is 13.4. The highest BCUT2D eigenvalue weighted by Gasteiger charge is 2.33. The number of hydrogen-bond donors (Lipinski definition) is 1. The van der Waals surface area contributed by atoms with Crippen molar-refractivity contribution in [3.8, 4) is 0 Å². The number of benzene rings is 1. The van der Waals surface area contributed by atoms with Crippen molar-refractivity contribution in [1.29, 1.82) is 0 Å². The van der Waals surface area contributed by atoms with Crippen LogP contribution in [0.2, 0.25) is 0 Å². The average Bonchev–Trinajstić information content (AvgIpc) is 2.45. The molecule has 1 aromatic carbocycles. The van der Waals surface area contributed by atoms with Gasteiger partial charge in [-0.1, -0.05) is 27.2 Å². The Hall–Kier alpha value is -2.51. The summed E-state index contributed by atoms with van der Waals surface area (Å²) in [6.45, 7) is 6.30. The minimum atomic E-state index is -0.658. The highest BCUT2D eigenvalue weighted by atomic mass is 16.6. The molecule has 0 radical (unpaired) electrons. The number of hydrazone groups is 1. The standard InChI is InChI=1S/C15H20N4O4/c1-10-5-4-8-15(2,3)14(10)17-16-12-7-6-11(18(20)21)9-13(12)19(22)23/h6-7,9-10,16H,4-5,8H2,1-3H3. The molecule has 0 spiro atoms. The molecule has 124 valence electrons. The summed E-state index contributed by atoms with van der Waals surface area (Å²) in [6, 6.07) is 3.49. The number of hydrogen-bond acceptors (Lipinski definition) is 6. The summed E-state index contributed by atoms with van der Waals surface area (Å²) in [4.78, 5) is 20.6. The van der Waals surface area contributed by atoms with Gasteiger partial charge in [-0.2, -0.15) is 5.10 Å². The van der Waals surface area contributed by atoms with Crippen LogP contribution in [0.3, 0.4) is 0 Å². The number of nitrogens with one attached hydrogen (secondary N) is 1. The van der Waals surface area contributed by atoms with Crippen LogP contribution >= 0.6 is 0 Å². The molecule has 1 unspecified atom stereocenters. The van der Waals surface area contributed by atoms with Gasteiger partial charge in [0.2, 0.25) is 0 Å². The van der Waals surface area contributed by atoms with Gasteiger partial charge in [0.05, 0.1) is 15.9 Å². The number of nitrogens with zero attached hydrogens (tertiary/aromatic N) is 3. The third-order valence-corrected chi connectivity index (χ3v) is 4.28. The molecule has 8 heteroatoms. The molecule has 1 aliphatic carbocycles. The molecule has 0 bridgehead atoms. The van der Waals surface area contributed by atoms with E-state index in [1.54, 1.807) is 0 Å². The monoisotopic (exact) mass is 320 g/mol. The van der Waals surface area contributed by atoms with Crippen LogP contribution in [0.25, 0.3) is 0 Å². The van der Waals surface area contributed by atoms with Crippen LogP contribution in [0.5, 0.6) is 0 Å². The summed E-state index contributed by atoms with van der Waals surface area (Å²) in [5.41, 5.74) is 3.12. The molecule has 1 fully saturated rings. The SMILES string of the molecule is CC1CCCC(C)(C)C1=NNc1ccc([N+](=O)[O-])cc1[N+](=O)[O-]. The van der Waals surface area contributed by atoms with Gasteiger partial charge in [-0.05, 0) is 24.8 Å². The fourth-order valence-electron chi connectivity index (χ4n) is 3.04. The number of non-ortho nitro benzene ring substituents is 1. The van der Waals surface area contributed by atoms with Crippen LogP contribution in [-0.2, 0) is 0 Å². The Bertz CT molecular complexity index is 669. The molecule has 0 amide bonds. The number of anilines is 1. The number of nitro groups is 2. The van der Waals surface area contributed by atoms with Gasteiger partial charge in [-0.25, -0.2) is 0 Å². The summed E-state index contributed by atoms with van der Waals surface area (Å²) in [5.74, 6) is 0.295. The van der Waals surface area contributed by atoms with Gasteiger partial charge < -0.3 is 0 Å². The van der Waals surface area contributed by atoms with Gasteiger partial charge >= 0.3 is 5.69 Å². The van der Waals surface area contributed by atoms with E-state index in [4.69, 9.17) is 0 Å². The third-order valence-electron chi connectivity index (χ3n) is 4.28. The van der Waals surface area contributed by atoms with E-state index in [0.29, 0.717) is 5.92 Å². The van der Waals surface area contributed by atoms with E-state index in [1.807, 2.05) is 0 Å². The van der Waals surface area contributed by atoms with Crippen molar-refractivity contribution in [3.05, 3.63) is 38.4 Å². The molecule has 0 aromatic heterocycles. The lowest BCUT2D eigenvalue weighted by Crippen LogP contribution is -2.34. The summed E-state index contributed by atoms with van der Waals surface area (Å²) < 4.78 is 0.